The largest absolute Gasteiger partial charge is 0.408 e. The van der Waals surface area contributed by atoms with Crippen molar-refractivity contribution in [1.82, 2.24) is 0 Å². The molecule has 0 aromatic carbocycles. The molecule has 0 radical (unpaired) electrons. The molecule has 2 heterocycles. The fourth-order valence-corrected chi connectivity index (χ4v) is 8.89. The third kappa shape index (κ3) is 9.08. The molecule has 0 N–H and O–H groups in total. The lowest BCUT2D eigenvalue weighted by atomic mass is 9.87. The molecule has 4 unspecified atom stereocenters. The Morgan fingerprint density at radius 2 is 1.27 bits per heavy atom. The molecule has 0 aliphatic carbocycles. The molecule has 7 atom stereocenters. The molecule has 6 nitrogen and oxygen atoms in total. The van der Waals surface area contributed by atoms with Crippen molar-refractivity contribution in [1.29, 1.82) is 0 Å². The molecule has 0 spiro atoms. The Morgan fingerprint density at radius 1 is 0.780 bits per heavy atom. The van der Waals surface area contributed by atoms with Crippen LogP contribution in [-0.4, -0.2) is 74.0 Å². The Labute approximate surface area is 268 Å². The summed E-state index contributed by atoms with van der Waals surface area (Å²) in [4.78, 5) is 11.5. The molecule has 2 fully saturated rings. The first-order chi connectivity index (χ1) is 18.4. The van der Waals surface area contributed by atoms with Gasteiger partial charge in [-0.3, -0.25) is 0 Å². The Morgan fingerprint density at radius 3 is 1.71 bits per heavy atom. The minimum absolute atomic E-state index is 0.00170. The molecule has 2 rings (SSSR count). The maximum absolute atomic E-state index is 11.5. The van der Waals surface area contributed by atoms with Crippen molar-refractivity contribution in [3.8, 4) is 0 Å². The number of hydrogen-bond acceptors (Lipinski definition) is 6. The van der Waals surface area contributed by atoms with Gasteiger partial charge in [-0.15, -0.1) is 0 Å². The van der Waals surface area contributed by atoms with Gasteiger partial charge < -0.3 is 27.5 Å². The van der Waals surface area contributed by atoms with Gasteiger partial charge >= 0.3 is 0 Å². The van der Waals surface area contributed by atoms with E-state index in [1.54, 1.807) is 0 Å². The zero-order valence-electron chi connectivity index (χ0n) is 28.7. The van der Waals surface area contributed by atoms with Crippen LogP contribution in [0.3, 0.4) is 0 Å². The van der Waals surface area contributed by atoms with Gasteiger partial charge in [0.2, 0.25) is 0 Å². The molecule has 0 aromatic heterocycles. The van der Waals surface area contributed by atoms with Crippen LogP contribution in [0.5, 0.6) is 0 Å². The maximum atomic E-state index is 11.5. The van der Waals surface area contributed by atoms with Crippen molar-refractivity contribution in [2.24, 2.45) is 0 Å². The average Bonchev–Trinajstić information content (AvgIpc) is 2.78. The first-order valence-corrected chi connectivity index (χ1v) is 25.4. The van der Waals surface area contributed by atoms with Crippen LogP contribution in [0.25, 0.3) is 0 Å². The number of rotatable bonds is 10. The van der Waals surface area contributed by atoms with E-state index in [1.165, 1.54) is 0 Å². The SMILES string of the molecule is CC(C)(C)[Si](C)(C)OC1C(O[Si](C)(C)C(C)(C)C)[C@@H](C(/C=C/I)O[Si](C)(C)C(C)(C)C)O[C@H]2CC[C@H](CC=O)OC12. The molecular formula is C31H61IO6Si3. The van der Waals surface area contributed by atoms with Gasteiger partial charge in [-0.05, 0) is 77.4 Å². The van der Waals surface area contributed by atoms with Crippen molar-refractivity contribution in [2.75, 3.05) is 0 Å². The van der Waals surface area contributed by atoms with Crippen molar-refractivity contribution in [3.63, 3.8) is 0 Å². The van der Waals surface area contributed by atoms with Crippen LogP contribution in [0.1, 0.15) is 81.6 Å². The summed E-state index contributed by atoms with van der Waals surface area (Å²) in [6.07, 6.45) is 3.25. The molecule has 0 amide bonds. The lowest BCUT2D eigenvalue weighted by Gasteiger charge is -2.56. The van der Waals surface area contributed by atoms with Gasteiger partial charge in [0, 0.05) is 6.42 Å². The molecule has 2 aliphatic rings. The minimum atomic E-state index is -2.28. The van der Waals surface area contributed by atoms with Crippen LogP contribution in [-0.2, 0) is 27.5 Å². The van der Waals surface area contributed by atoms with E-state index < -0.39 is 25.0 Å². The van der Waals surface area contributed by atoms with E-state index in [0.29, 0.717) is 6.42 Å². The van der Waals surface area contributed by atoms with E-state index >= 15 is 0 Å². The van der Waals surface area contributed by atoms with E-state index in [9.17, 15) is 4.79 Å². The number of hydrogen-bond donors (Lipinski definition) is 0. The lowest BCUT2D eigenvalue weighted by Crippen LogP contribution is -2.69. The summed E-state index contributed by atoms with van der Waals surface area (Å²) in [6.45, 7) is 34.3. The Kier molecular flexibility index (Phi) is 12.5. The van der Waals surface area contributed by atoms with Gasteiger partial charge in [-0.1, -0.05) is 84.9 Å². The maximum Gasteiger partial charge on any atom is 0.193 e. The second kappa shape index (κ2) is 13.5. The van der Waals surface area contributed by atoms with Gasteiger partial charge in [-0.25, -0.2) is 0 Å². The van der Waals surface area contributed by atoms with Crippen LogP contribution < -0.4 is 0 Å². The molecule has 0 aromatic rings. The van der Waals surface area contributed by atoms with Gasteiger partial charge in [0.05, 0.1) is 18.3 Å². The van der Waals surface area contributed by atoms with Crippen molar-refractivity contribution in [3.05, 3.63) is 10.2 Å². The summed E-state index contributed by atoms with van der Waals surface area (Å²) in [5.74, 6) is 0. The fourth-order valence-electron chi connectivity index (χ4n) is 4.63. The normalized spacial score (nSPS) is 29.9. The number of ether oxygens (including phenoxy) is 2. The van der Waals surface area contributed by atoms with E-state index in [4.69, 9.17) is 22.8 Å². The van der Waals surface area contributed by atoms with Crippen molar-refractivity contribution in [2.45, 2.75) is 179 Å². The molecule has 2 aliphatic heterocycles. The fraction of sp³-hybridized carbons (Fsp3) is 0.903. The summed E-state index contributed by atoms with van der Waals surface area (Å²) in [5, 5.41) is 0.0521. The molecular weight excluding hydrogens is 679 g/mol. The summed E-state index contributed by atoms with van der Waals surface area (Å²) < 4.78 is 37.6. The number of fused-ring (bicyclic) bond motifs is 1. The Hall–Kier alpha value is 0.591. The highest BCUT2D eigenvalue weighted by molar-refractivity contribution is 14.1. The van der Waals surface area contributed by atoms with Gasteiger partial charge in [-0.2, -0.15) is 0 Å². The van der Waals surface area contributed by atoms with Crippen LogP contribution >= 0.6 is 22.6 Å². The highest BCUT2D eigenvalue weighted by Crippen LogP contribution is 2.47. The zero-order chi connectivity index (χ0) is 31.8. The van der Waals surface area contributed by atoms with Gasteiger partial charge in [0.1, 0.15) is 30.7 Å². The monoisotopic (exact) mass is 740 g/mol. The quantitative estimate of drug-likeness (QED) is 0.127. The number of carbonyl (C=O) groups excluding carboxylic acids is 1. The first kappa shape index (κ1) is 37.8. The highest BCUT2D eigenvalue weighted by atomic mass is 127. The average molecular weight is 741 g/mol. The third-order valence-corrected chi connectivity index (χ3v) is 24.3. The summed E-state index contributed by atoms with van der Waals surface area (Å²) >= 11 is 2.29. The summed E-state index contributed by atoms with van der Waals surface area (Å²) in [6, 6.07) is 0. The van der Waals surface area contributed by atoms with E-state index in [-0.39, 0.29) is 57.8 Å². The standard InChI is InChI=1S/C31H61IO6Si3/c1-29(2,3)39(10,11)36-24(18-20-32)26-28(38-41(14,15)31(7,8)9)27(37-40(12,13)30(4,5)6)25-23(35-26)17-16-22(34-25)19-21-33/h18,20-28H,16-17,19H2,1-15H3/b20-18+/t22-,23+,24?,25?,26-,27?,28?/m1/s1. The Balaban J connectivity index is 2.73. The zero-order valence-corrected chi connectivity index (χ0v) is 33.9. The van der Waals surface area contributed by atoms with Gasteiger partial charge in [0.25, 0.3) is 0 Å². The number of aldehydes is 1. The number of carbonyl (C=O) groups is 1. The van der Waals surface area contributed by atoms with Crippen LogP contribution in [0.15, 0.2) is 10.2 Å². The van der Waals surface area contributed by atoms with Crippen LogP contribution in [0, 0.1) is 0 Å². The highest BCUT2D eigenvalue weighted by Gasteiger charge is 2.57. The molecule has 0 bridgehead atoms. The molecule has 0 saturated carbocycles. The van der Waals surface area contributed by atoms with E-state index in [1.807, 2.05) is 0 Å². The summed E-state index contributed by atoms with van der Waals surface area (Å²) in [7, 11) is -6.69. The Bertz CT molecular complexity index is 903. The first-order valence-electron chi connectivity index (χ1n) is 15.4. The minimum Gasteiger partial charge on any atom is -0.408 e. The van der Waals surface area contributed by atoms with Crippen molar-refractivity contribution < 1.29 is 27.5 Å². The molecule has 240 valence electrons. The second-order valence-corrected chi connectivity index (χ2v) is 31.7. The smallest absolute Gasteiger partial charge is 0.193 e. The predicted octanol–water partition coefficient (Wildman–Crippen LogP) is 9.01. The topological polar surface area (TPSA) is 63.2 Å². The second-order valence-electron chi connectivity index (χ2n) is 16.7. The van der Waals surface area contributed by atoms with Crippen LogP contribution in [0.4, 0.5) is 0 Å². The summed E-state index contributed by atoms with van der Waals surface area (Å²) in [5.41, 5.74) is 0. The molecule has 10 heteroatoms. The third-order valence-electron chi connectivity index (χ3n) is 10.4. The molecule has 41 heavy (non-hydrogen) atoms. The molecule has 2 saturated heterocycles. The van der Waals surface area contributed by atoms with Gasteiger partial charge in [0.15, 0.2) is 25.0 Å². The lowest BCUT2D eigenvalue weighted by molar-refractivity contribution is -0.266. The van der Waals surface area contributed by atoms with E-state index in [0.717, 1.165) is 19.1 Å². The van der Waals surface area contributed by atoms with Crippen molar-refractivity contribution >= 4 is 53.8 Å². The van der Waals surface area contributed by atoms with E-state index in [2.05, 4.69) is 134 Å². The predicted molar refractivity (Wildman–Crippen MR) is 187 cm³/mol. The number of halogens is 1. The van der Waals surface area contributed by atoms with Crippen LogP contribution in [0.2, 0.25) is 54.4 Å².